The minimum atomic E-state index is -1.08. The van der Waals surface area contributed by atoms with Gasteiger partial charge < -0.3 is 14.3 Å². The molecule has 1 N–H and O–H groups in total. The molecule has 0 atom stereocenters. The molecule has 0 fully saturated rings. The van der Waals surface area contributed by atoms with Crippen molar-refractivity contribution in [2.24, 2.45) is 0 Å². The van der Waals surface area contributed by atoms with Crippen LogP contribution in [0.4, 0.5) is 0 Å². The zero-order chi connectivity index (χ0) is 12.3. The molecule has 0 aliphatic heterocycles. The van der Waals surface area contributed by atoms with E-state index in [4.69, 9.17) is 14.3 Å². The van der Waals surface area contributed by atoms with Gasteiger partial charge in [0.25, 0.3) is 5.89 Å². The van der Waals surface area contributed by atoms with Crippen molar-refractivity contribution in [3.8, 4) is 5.75 Å². The van der Waals surface area contributed by atoms with Crippen molar-refractivity contribution >= 4 is 5.97 Å². The lowest BCUT2D eigenvalue weighted by atomic mass is 10.2. The number of aromatic carboxylic acids is 1. The number of carboxylic acid groups (broad SMARTS) is 1. The quantitative estimate of drug-likeness (QED) is 0.845. The summed E-state index contributed by atoms with van der Waals surface area (Å²) in [5, 5.41) is 16.3. The summed E-state index contributed by atoms with van der Waals surface area (Å²) in [5.41, 5.74) is 0.0382. The van der Waals surface area contributed by atoms with Crippen LogP contribution < -0.4 is 4.74 Å². The van der Waals surface area contributed by atoms with Crippen LogP contribution in [0.15, 0.2) is 22.9 Å². The Balaban J connectivity index is 2.11. The van der Waals surface area contributed by atoms with Crippen molar-refractivity contribution in [3.05, 3.63) is 35.8 Å². The van der Waals surface area contributed by atoms with Crippen molar-refractivity contribution in [3.63, 3.8) is 0 Å². The van der Waals surface area contributed by atoms with Crippen molar-refractivity contribution in [2.45, 2.75) is 13.5 Å². The maximum absolute atomic E-state index is 10.9. The highest BCUT2D eigenvalue weighted by atomic mass is 16.5. The first-order valence-electron chi connectivity index (χ1n) is 4.76. The minimum Gasteiger partial charge on any atom is -0.481 e. The molecule has 2 rings (SSSR count). The Morgan fingerprint density at radius 2 is 2.35 bits per heavy atom. The Kier molecular flexibility index (Phi) is 2.99. The second kappa shape index (κ2) is 4.60. The molecule has 2 aromatic heterocycles. The highest BCUT2D eigenvalue weighted by Gasteiger charge is 2.12. The number of pyridine rings is 1. The molecule has 0 aromatic carbocycles. The third kappa shape index (κ3) is 2.57. The van der Waals surface area contributed by atoms with Crippen molar-refractivity contribution in [1.29, 1.82) is 0 Å². The smallest absolute Gasteiger partial charge is 0.339 e. The summed E-state index contributed by atoms with van der Waals surface area (Å²) in [4.78, 5) is 14.7. The monoisotopic (exact) mass is 235 g/mol. The molecule has 0 amide bonds. The summed E-state index contributed by atoms with van der Waals surface area (Å²) in [7, 11) is 0. The number of hydrogen-bond donors (Lipinski definition) is 1. The number of aromatic nitrogens is 3. The van der Waals surface area contributed by atoms with Gasteiger partial charge in [0, 0.05) is 13.1 Å². The fourth-order valence-electron chi connectivity index (χ4n) is 1.21. The van der Waals surface area contributed by atoms with Crippen LogP contribution in [0.3, 0.4) is 0 Å². The SMILES string of the molecule is Cc1nnc(COc2cnccc2C(=O)O)o1. The zero-order valence-corrected chi connectivity index (χ0v) is 8.95. The molecule has 88 valence electrons. The summed E-state index contributed by atoms with van der Waals surface area (Å²) < 4.78 is 10.3. The Labute approximate surface area is 96.1 Å². The van der Waals surface area contributed by atoms with Gasteiger partial charge in [-0.1, -0.05) is 0 Å². The van der Waals surface area contributed by atoms with Gasteiger partial charge in [-0.3, -0.25) is 4.98 Å². The van der Waals surface area contributed by atoms with E-state index in [9.17, 15) is 4.79 Å². The third-order valence-electron chi connectivity index (χ3n) is 1.93. The molecule has 0 radical (unpaired) electrons. The molecule has 0 unspecified atom stereocenters. The molecule has 7 nitrogen and oxygen atoms in total. The molecule has 0 spiro atoms. The fraction of sp³-hybridized carbons (Fsp3) is 0.200. The van der Waals surface area contributed by atoms with Crippen LogP contribution in [0, 0.1) is 6.92 Å². The van der Waals surface area contributed by atoms with Gasteiger partial charge in [-0.15, -0.1) is 10.2 Å². The van der Waals surface area contributed by atoms with Crippen molar-refractivity contribution in [2.75, 3.05) is 0 Å². The van der Waals surface area contributed by atoms with Gasteiger partial charge >= 0.3 is 5.97 Å². The van der Waals surface area contributed by atoms with E-state index in [-0.39, 0.29) is 23.8 Å². The standard InChI is InChI=1S/C10H9N3O4/c1-6-12-13-9(17-6)5-16-8-4-11-3-2-7(8)10(14)15/h2-4H,5H2,1H3,(H,14,15). The molecule has 2 aromatic rings. The van der Waals surface area contributed by atoms with Crippen LogP contribution in [0.25, 0.3) is 0 Å². The molecule has 17 heavy (non-hydrogen) atoms. The summed E-state index contributed by atoms with van der Waals surface area (Å²) in [6, 6.07) is 1.36. The van der Waals surface area contributed by atoms with Gasteiger partial charge in [0.15, 0.2) is 12.4 Å². The van der Waals surface area contributed by atoms with Gasteiger partial charge in [-0.05, 0) is 6.07 Å². The first-order chi connectivity index (χ1) is 8.16. The number of hydrogen-bond acceptors (Lipinski definition) is 6. The second-order valence-corrected chi connectivity index (χ2v) is 3.18. The molecule has 0 saturated carbocycles. The summed E-state index contributed by atoms with van der Waals surface area (Å²) >= 11 is 0. The van der Waals surface area contributed by atoms with Crippen LogP contribution >= 0.6 is 0 Å². The van der Waals surface area contributed by atoms with Gasteiger partial charge in [-0.25, -0.2) is 4.79 Å². The average molecular weight is 235 g/mol. The third-order valence-corrected chi connectivity index (χ3v) is 1.93. The highest BCUT2D eigenvalue weighted by Crippen LogP contribution is 2.17. The summed E-state index contributed by atoms with van der Waals surface area (Å²) in [6.45, 7) is 1.66. The Hall–Kier alpha value is -2.44. The zero-order valence-electron chi connectivity index (χ0n) is 8.95. The molecule has 0 aliphatic rings. The Morgan fingerprint density at radius 3 is 3.00 bits per heavy atom. The van der Waals surface area contributed by atoms with Crippen molar-refractivity contribution in [1.82, 2.24) is 15.2 Å². The van der Waals surface area contributed by atoms with Gasteiger partial charge in [-0.2, -0.15) is 0 Å². The largest absolute Gasteiger partial charge is 0.481 e. The van der Waals surface area contributed by atoms with E-state index in [0.29, 0.717) is 5.89 Å². The lowest BCUT2D eigenvalue weighted by molar-refractivity contribution is 0.0691. The summed E-state index contributed by atoms with van der Waals surface area (Å²) in [6.07, 6.45) is 2.71. The van der Waals surface area contributed by atoms with Gasteiger partial charge in [0.05, 0.1) is 6.20 Å². The molecular formula is C10H9N3O4. The van der Waals surface area contributed by atoms with Crippen LogP contribution in [-0.4, -0.2) is 26.3 Å². The van der Waals surface area contributed by atoms with Crippen molar-refractivity contribution < 1.29 is 19.1 Å². The van der Waals surface area contributed by atoms with E-state index >= 15 is 0 Å². The molecule has 7 heteroatoms. The van der Waals surface area contributed by atoms with E-state index in [1.165, 1.54) is 18.5 Å². The number of aryl methyl sites for hydroxylation is 1. The van der Waals surface area contributed by atoms with E-state index in [2.05, 4.69) is 15.2 Å². The Morgan fingerprint density at radius 1 is 1.53 bits per heavy atom. The predicted octanol–water partition coefficient (Wildman–Crippen LogP) is 1.05. The second-order valence-electron chi connectivity index (χ2n) is 3.18. The number of ether oxygens (including phenoxy) is 1. The number of nitrogens with zero attached hydrogens (tertiary/aromatic N) is 3. The minimum absolute atomic E-state index is 0.00676. The lowest BCUT2D eigenvalue weighted by Crippen LogP contribution is -2.04. The van der Waals surface area contributed by atoms with E-state index in [0.717, 1.165) is 0 Å². The van der Waals surface area contributed by atoms with E-state index in [1.54, 1.807) is 6.92 Å². The fourth-order valence-corrected chi connectivity index (χ4v) is 1.21. The maximum atomic E-state index is 10.9. The van der Waals surface area contributed by atoms with Crippen LogP contribution in [-0.2, 0) is 6.61 Å². The normalized spacial score (nSPS) is 10.2. The summed E-state index contributed by atoms with van der Waals surface area (Å²) in [5.74, 6) is -0.212. The molecule has 0 saturated heterocycles. The molecule has 0 aliphatic carbocycles. The predicted molar refractivity (Wildman–Crippen MR) is 54.6 cm³/mol. The van der Waals surface area contributed by atoms with Crippen LogP contribution in [0.2, 0.25) is 0 Å². The first kappa shape index (κ1) is 11.1. The average Bonchev–Trinajstić information content (AvgIpc) is 2.73. The number of rotatable bonds is 4. The lowest BCUT2D eigenvalue weighted by Gasteiger charge is -2.05. The highest BCUT2D eigenvalue weighted by molar-refractivity contribution is 5.90. The van der Waals surface area contributed by atoms with E-state index < -0.39 is 5.97 Å². The van der Waals surface area contributed by atoms with Crippen LogP contribution in [0.1, 0.15) is 22.1 Å². The Bertz CT molecular complexity index is 538. The maximum Gasteiger partial charge on any atom is 0.339 e. The molecular weight excluding hydrogens is 226 g/mol. The van der Waals surface area contributed by atoms with E-state index in [1.807, 2.05) is 0 Å². The van der Waals surface area contributed by atoms with Gasteiger partial charge in [0.1, 0.15) is 5.56 Å². The molecule has 0 bridgehead atoms. The first-order valence-corrected chi connectivity index (χ1v) is 4.76. The number of carboxylic acids is 1. The van der Waals surface area contributed by atoms with Crippen LogP contribution in [0.5, 0.6) is 5.75 Å². The molecule has 2 heterocycles. The van der Waals surface area contributed by atoms with Gasteiger partial charge in [0.2, 0.25) is 5.89 Å². The topological polar surface area (TPSA) is 98.3 Å². The number of carbonyl (C=O) groups is 1.